The van der Waals surface area contributed by atoms with E-state index in [9.17, 15) is 13.2 Å². The van der Waals surface area contributed by atoms with E-state index in [0.29, 0.717) is 11.6 Å². The smallest absolute Gasteiger partial charge is 0.221 e. The van der Waals surface area contributed by atoms with Crippen LogP contribution in [0, 0.1) is 0 Å². The number of amides is 1. The molecular formula is C13H18ClNO4S. The molecule has 1 N–H and O–H groups in total. The SMILES string of the molecule is COC[C@H](C)NC(=O)CCS(=O)(=O)c1ccc(Cl)cc1. The summed E-state index contributed by atoms with van der Waals surface area (Å²) in [6.07, 6.45) is -0.0843. The van der Waals surface area contributed by atoms with Crippen LogP contribution in [-0.4, -0.2) is 39.8 Å². The van der Waals surface area contributed by atoms with Gasteiger partial charge in [0.1, 0.15) is 0 Å². The number of halogens is 1. The molecule has 1 amide bonds. The monoisotopic (exact) mass is 319 g/mol. The van der Waals surface area contributed by atoms with Gasteiger partial charge in [-0.25, -0.2) is 8.42 Å². The van der Waals surface area contributed by atoms with Crippen molar-refractivity contribution in [2.45, 2.75) is 24.3 Å². The average Bonchev–Trinajstić information content (AvgIpc) is 2.37. The molecule has 112 valence electrons. The Balaban J connectivity index is 2.55. The molecule has 7 heteroatoms. The third-order valence-electron chi connectivity index (χ3n) is 2.59. The standard InChI is InChI=1S/C13H18ClNO4S/c1-10(9-19-2)15-13(16)7-8-20(17,18)12-5-3-11(14)4-6-12/h3-6,10H,7-9H2,1-2H3,(H,15,16)/t10-/m0/s1. The van der Waals surface area contributed by atoms with E-state index < -0.39 is 9.84 Å². The van der Waals surface area contributed by atoms with Crippen molar-refractivity contribution in [1.29, 1.82) is 0 Å². The number of ether oxygens (including phenoxy) is 1. The van der Waals surface area contributed by atoms with Crippen LogP contribution in [0.1, 0.15) is 13.3 Å². The summed E-state index contributed by atoms with van der Waals surface area (Å²) in [5.41, 5.74) is 0. The minimum absolute atomic E-state index is 0.0843. The molecule has 1 atom stereocenters. The van der Waals surface area contributed by atoms with Crippen LogP contribution in [0.5, 0.6) is 0 Å². The number of hydrogen-bond acceptors (Lipinski definition) is 4. The first-order valence-corrected chi connectivity index (χ1v) is 8.15. The predicted octanol–water partition coefficient (Wildman–Crippen LogP) is 1.65. The van der Waals surface area contributed by atoms with Crippen LogP contribution in [0.2, 0.25) is 5.02 Å². The fourth-order valence-corrected chi connectivity index (χ4v) is 2.99. The molecule has 0 unspecified atom stereocenters. The normalized spacial score (nSPS) is 12.9. The zero-order valence-electron chi connectivity index (χ0n) is 11.4. The molecule has 1 rings (SSSR count). The van der Waals surface area contributed by atoms with Crippen molar-refractivity contribution in [2.75, 3.05) is 19.5 Å². The highest BCUT2D eigenvalue weighted by Gasteiger charge is 2.17. The summed E-state index contributed by atoms with van der Waals surface area (Å²) in [6, 6.07) is 5.74. The summed E-state index contributed by atoms with van der Waals surface area (Å²) < 4.78 is 28.9. The van der Waals surface area contributed by atoms with Gasteiger partial charge in [-0.3, -0.25) is 4.79 Å². The van der Waals surface area contributed by atoms with E-state index >= 15 is 0 Å². The average molecular weight is 320 g/mol. The second-order valence-electron chi connectivity index (χ2n) is 4.45. The molecular weight excluding hydrogens is 302 g/mol. The number of rotatable bonds is 7. The van der Waals surface area contributed by atoms with Crippen molar-refractivity contribution in [3.05, 3.63) is 29.3 Å². The van der Waals surface area contributed by atoms with Crippen LogP contribution in [0.15, 0.2) is 29.2 Å². The lowest BCUT2D eigenvalue weighted by molar-refractivity contribution is -0.121. The number of hydrogen-bond donors (Lipinski definition) is 1. The van der Waals surface area contributed by atoms with Gasteiger partial charge in [-0.05, 0) is 31.2 Å². The maximum Gasteiger partial charge on any atom is 0.221 e. The molecule has 0 saturated heterocycles. The lowest BCUT2D eigenvalue weighted by atomic mass is 10.3. The zero-order chi connectivity index (χ0) is 15.2. The first kappa shape index (κ1) is 16.9. The van der Waals surface area contributed by atoms with Crippen molar-refractivity contribution >= 4 is 27.3 Å². The summed E-state index contributed by atoms with van der Waals surface area (Å²) >= 11 is 5.71. The first-order valence-electron chi connectivity index (χ1n) is 6.12. The summed E-state index contributed by atoms with van der Waals surface area (Å²) in [5.74, 6) is -0.549. The molecule has 0 aliphatic rings. The number of benzene rings is 1. The topological polar surface area (TPSA) is 72.5 Å². The summed E-state index contributed by atoms with van der Waals surface area (Å²) in [5, 5.41) is 3.13. The molecule has 0 radical (unpaired) electrons. The highest BCUT2D eigenvalue weighted by atomic mass is 35.5. The Labute approximate surface area is 124 Å². The van der Waals surface area contributed by atoms with E-state index in [0.717, 1.165) is 0 Å². The van der Waals surface area contributed by atoms with Gasteiger partial charge in [-0.2, -0.15) is 0 Å². The second kappa shape index (κ2) is 7.61. The molecule has 0 bridgehead atoms. The Kier molecular flexibility index (Phi) is 6.45. The number of nitrogens with one attached hydrogen (secondary N) is 1. The fourth-order valence-electron chi connectivity index (χ4n) is 1.63. The molecule has 1 aromatic rings. The molecule has 0 fully saturated rings. The third-order valence-corrected chi connectivity index (χ3v) is 4.58. The number of carbonyl (C=O) groups excluding carboxylic acids is 1. The number of carbonyl (C=O) groups is 1. The molecule has 0 saturated carbocycles. The molecule has 0 spiro atoms. The Morgan fingerprint density at radius 2 is 1.95 bits per heavy atom. The number of methoxy groups -OCH3 is 1. The van der Waals surface area contributed by atoms with Crippen LogP contribution < -0.4 is 5.32 Å². The van der Waals surface area contributed by atoms with Crippen LogP contribution in [0.25, 0.3) is 0 Å². The van der Waals surface area contributed by atoms with Gasteiger partial charge >= 0.3 is 0 Å². The van der Waals surface area contributed by atoms with E-state index in [4.69, 9.17) is 16.3 Å². The fraction of sp³-hybridized carbons (Fsp3) is 0.462. The summed E-state index contributed by atoms with van der Waals surface area (Å²) in [6.45, 7) is 2.17. The van der Waals surface area contributed by atoms with Gasteiger partial charge in [0.25, 0.3) is 0 Å². The lowest BCUT2D eigenvalue weighted by Crippen LogP contribution is -2.36. The van der Waals surface area contributed by atoms with Crippen LogP contribution in [0.3, 0.4) is 0 Å². The molecule has 20 heavy (non-hydrogen) atoms. The van der Waals surface area contributed by atoms with Gasteiger partial charge in [0.05, 0.1) is 17.3 Å². The minimum atomic E-state index is -3.47. The van der Waals surface area contributed by atoms with Gasteiger partial charge in [0.2, 0.25) is 5.91 Å². The van der Waals surface area contributed by atoms with Crippen molar-refractivity contribution in [3.8, 4) is 0 Å². The van der Waals surface area contributed by atoms with Gasteiger partial charge in [-0.15, -0.1) is 0 Å². The first-order chi connectivity index (χ1) is 9.35. The van der Waals surface area contributed by atoms with Crippen LogP contribution >= 0.6 is 11.6 Å². The Morgan fingerprint density at radius 1 is 1.35 bits per heavy atom. The summed E-state index contributed by atoms with van der Waals surface area (Å²) in [4.78, 5) is 11.8. The Bertz CT molecular complexity index is 542. The molecule has 0 aliphatic heterocycles. The highest BCUT2D eigenvalue weighted by molar-refractivity contribution is 7.91. The maximum absolute atomic E-state index is 12.0. The Hall–Kier alpha value is -1.11. The van der Waals surface area contributed by atoms with E-state index in [1.54, 1.807) is 6.92 Å². The zero-order valence-corrected chi connectivity index (χ0v) is 13.0. The maximum atomic E-state index is 12.0. The van der Waals surface area contributed by atoms with Crippen molar-refractivity contribution in [2.24, 2.45) is 0 Å². The van der Waals surface area contributed by atoms with Gasteiger partial charge in [0, 0.05) is 24.6 Å². The lowest BCUT2D eigenvalue weighted by Gasteiger charge is -2.12. The second-order valence-corrected chi connectivity index (χ2v) is 6.99. The van der Waals surface area contributed by atoms with Crippen molar-refractivity contribution in [1.82, 2.24) is 5.32 Å². The van der Waals surface area contributed by atoms with E-state index in [2.05, 4.69) is 5.32 Å². The quantitative estimate of drug-likeness (QED) is 0.829. The van der Waals surface area contributed by atoms with Gasteiger partial charge in [0.15, 0.2) is 9.84 Å². The van der Waals surface area contributed by atoms with Crippen molar-refractivity contribution < 1.29 is 17.9 Å². The third kappa shape index (κ3) is 5.48. The van der Waals surface area contributed by atoms with E-state index in [-0.39, 0.29) is 29.0 Å². The van der Waals surface area contributed by atoms with E-state index in [1.165, 1.54) is 31.4 Å². The van der Waals surface area contributed by atoms with Crippen LogP contribution in [0.4, 0.5) is 0 Å². The van der Waals surface area contributed by atoms with Crippen molar-refractivity contribution in [3.63, 3.8) is 0 Å². The Morgan fingerprint density at radius 3 is 2.50 bits per heavy atom. The predicted molar refractivity (Wildman–Crippen MR) is 77.6 cm³/mol. The number of sulfone groups is 1. The minimum Gasteiger partial charge on any atom is -0.383 e. The largest absolute Gasteiger partial charge is 0.383 e. The van der Waals surface area contributed by atoms with Gasteiger partial charge in [-0.1, -0.05) is 11.6 Å². The van der Waals surface area contributed by atoms with Gasteiger partial charge < -0.3 is 10.1 Å². The van der Waals surface area contributed by atoms with Crippen LogP contribution in [-0.2, 0) is 19.4 Å². The highest BCUT2D eigenvalue weighted by Crippen LogP contribution is 2.15. The molecule has 5 nitrogen and oxygen atoms in total. The summed E-state index contributed by atoms with van der Waals surface area (Å²) in [7, 11) is -1.94. The molecule has 0 heterocycles. The molecule has 0 aromatic heterocycles. The molecule has 0 aliphatic carbocycles. The van der Waals surface area contributed by atoms with E-state index in [1.807, 2.05) is 0 Å². The molecule has 1 aromatic carbocycles.